The van der Waals surface area contributed by atoms with Crippen LogP contribution in [-0.4, -0.2) is 54.4 Å². The van der Waals surface area contributed by atoms with Gasteiger partial charge in [-0.25, -0.2) is 9.31 Å². The van der Waals surface area contributed by atoms with Gasteiger partial charge in [0.1, 0.15) is 17.4 Å². The number of likely N-dealkylation sites (tertiary alicyclic amines) is 1. The number of nitrogens with zero attached hydrogens (tertiary/aromatic N) is 7. The Labute approximate surface area is 178 Å². The third-order valence-corrected chi connectivity index (χ3v) is 5.64. The van der Waals surface area contributed by atoms with E-state index in [2.05, 4.69) is 38.0 Å². The maximum Gasteiger partial charge on any atom is 0.226 e. The fourth-order valence-corrected chi connectivity index (χ4v) is 3.82. The standard InChI is InChI=1S/C22H21N7O2/c30-22(14-18-3-6-19(7-4-18)29-15-23-26-27-29)28-11-9-16(10-12-28)1-2-17-5-8-20-21(13-17)25-31-24-20/h1-8,13,15-16H,9-12,14H2/b2-1+. The molecule has 0 bridgehead atoms. The number of rotatable bonds is 5. The van der Waals surface area contributed by atoms with Crippen LogP contribution in [0.2, 0.25) is 0 Å². The predicted molar refractivity (Wildman–Crippen MR) is 113 cm³/mol. The monoisotopic (exact) mass is 415 g/mol. The Kier molecular flexibility index (Phi) is 5.22. The molecule has 3 heterocycles. The summed E-state index contributed by atoms with van der Waals surface area (Å²) in [5.74, 6) is 0.632. The molecular weight excluding hydrogens is 394 g/mol. The van der Waals surface area contributed by atoms with Crippen LogP contribution in [0.1, 0.15) is 24.0 Å². The van der Waals surface area contributed by atoms with Crippen molar-refractivity contribution in [3.05, 3.63) is 66.0 Å². The summed E-state index contributed by atoms with van der Waals surface area (Å²) in [6.45, 7) is 1.56. The van der Waals surface area contributed by atoms with E-state index in [1.165, 1.54) is 0 Å². The molecule has 0 N–H and O–H groups in total. The first kappa shape index (κ1) is 19.1. The molecular formula is C22H21N7O2. The topological polar surface area (TPSA) is 103 Å². The molecule has 0 unspecified atom stereocenters. The Morgan fingerprint density at radius 3 is 2.65 bits per heavy atom. The van der Waals surface area contributed by atoms with E-state index in [1.54, 1.807) is 11.0 Å². The minimum absolute atomic E-state index is 0.168. The molecule has 9 heteroatoms. The number of hydrogen-bond donors (Lipinski definition) is 0. The summed E-state index contributed by atoms with van der Waals surface area (Å²) in [7, 11) is 0. The van der Waals surface area contributed by atoms with E-state index in [0.717, 1.165) is 53.8 Å². The van der Waals surface area contributed by atoms with Crippen molar-refractivity contribution in [1.29, 1.82) is 0 Å². The number of amides is 1. The van der Waals surface area contributed by atoms with Crippen molar-refractivity contribution < 1.29 is 9.42 Å². The van der Waals surface area contributed by atoms with E-state index in [9.17, 15) is 4.79 Å². The van der Waals surface area contributed by atoms with Gasteiger partial charge in [-0.05, 0) is 74.9 Å². The lowest BCUT2D eigenvalue weighted by Crippen LogP contribution is -2.38. The van der Waals surface area contributed by atoms with Crippen LogP contribution in [0.4, 0.5) is 0 Å². The lowest BCUT2D eigenvalue weighted by atomic mass is 9.95. The normalized spacial score (nSPS) is 15.2. The summed E-state index contributed by atoms with van der Waals surface area (Å²) in [5.41, 5.74) is 4.45. The number of fused-ring (bicyclic) bond motifs is 1. The van der Waals surface area contributed by atoms with Gasteiger partial charge < -0.3 is 4.90 Å². The zero-order valence-electron chi connectivity index (χ0n) is 16.8. The van der Waals surface area contributed by atoms with Gasteiger partial charge in [-0.2, -0.15) is 0 Å². The molecule has 1 aliphatic rings. The van der Waals surface area contributed by atoms with Crippen molar-refractivity contribution in [1.82, 2.24) is 35.4 Å². The fourth-order valence-electron chi connectivity index (χ4n) is 3.82. The maximum absolute atomic E-state index is 12.7. The van der Waals surface area contributed by atoms with Gasteiger partial charge in [0.15, 0.2) is 0 Å². The van der Waals surface area contributed by atoms with E-state index >= 15 is 0 Å². The molecule has 4 aromatic rings. The first-order valence-electron chi connectivity index (χ1n) is 10.3. The minimum Gasteiger partial charge on any atom is -0.342 e. The molecule has 0 atom stereocenters. The lowest BCUT2D eigenvalue weighted by Gasteiger charge is -2.31. The van der Waals surface area contributed by atoms with Gasteiger partial charge in [-0.1, -0.05) is 30.4 Å². The van der Waals surface area contributed by atoms with Crippen molar-refractivity contribution in [3.8, 4) is 5.69 Å². The summed E-state index contributed by atoms with van der Waals surface area (Å²) in [5, 5.41) is 18.8. The number of carbonyl (C=O) groups is 1. The number of carbonyl (C=O) groups excluding carboxylic acids is 1. The van der Waals surface area contributed by atoms with Crippen molar-refractivity contribution >= 4 is 23.0 Å². The molecule has 5 rings (SSSR count). The number of benzene rings is 2. The number of hydrogen-bond acceptors (Lipinski definition) is 7. The SMILES string of the molecule is O=C(Cc1ccc(-n2cnnn2)cc1)N1CCC(/C=C/c2ccc3nonc3c2)CC1. The Balaban J connectivity index is 1.13. The quantitative estimate of drug-likeness (QED) is 0.494. The zero-order chi connectivity index (χ0) is 21.0. The van der Waals surface area contributed by atoms with E-state index in [0.29, 0.717) is 12.3 Å². The van der Waals surface area contributed by atoms with Gasteiger partial charge in [-0.15, -0.1) is 5.10 Å². The number of piperidine rings is 1. The summed E-state index contributed by atoms with van der Waals surface area (Å²) < 4.78 is 6.33. The molecule has 2 aromatic heterocycles. The Hall–Kier alpha value is -3.88. The molecule has 31 heavy (non-hydrogen) atoms. The van der Waals surface area contributed by atoms with Crippen LogP contribution in [0.5, 0.6) is 0 Å². The third-order valence-electron chi connectivity index (χ3n) is 5.64. The highest BCUT2D eigenvalue weighted by molar-refractivity contribution is 5.79. The molecule has 1 amide bonds. The number of tetrazole rings is 1. The van der Waals surface area contributed by atoms with E-state index < -0.39 is 0 Å². The maximum atomic E-state index is 12.7. The molecule has 0 saturated carbocycles. The van der Waals surface area contributed by atoms with Crippen molar-refractivity contribution in [2.45, 2.75) is 19.3 Å². The third kappa shape index (κ3) is 4.35. The van der Waals surface area contributed by atoms with Crippen LogP contribution in [0, 0.1) is 5.92 Å². The summed E-state index contributed by atoms with van der Waals surface area (Å²) >= 11 is 0. The van der Waals surface area contributed by atoms with E-state index in [4.69, 9.17) is 4.63 Å². The molecule has 0 aliphatic carbocycles. The molecule has 0 spiro atoms. The Morgan fingerprint density at radius 2 is 1.87 bits per heavy atom. The highest BCUT2D eigenvalue weighted by atomic mass is 16.6. The van der Waals surface area contributed by atoms with E-state index in [-0.39, 0.29) is 5.91 Å². The van der Waals surface area contributed by atoms with E-state index in [1.807, 2.05) is 47.4 Å². The van der Waals surface area contributed by atoms with Crippen molar-refractivity contribution in [2.75, 3.05) is 13.1 Å². The Bertz CT molecular complexity index is 1190. The van der Waals surface area contributed by atoms with Crippen molar-refractivity contribution in [3.63, 3.8) is 0 Å². The van der Waals surface area contributed by atoms with Crippen LogP contribution in [0.25, 0.3) is 22.8 Å². The van der Waals surface area contributed by atoms with Gasteiger partial charge in [0.05, 0.1) is 12.1 Å². The van der Waals surface area contributed by atoms with Gasteiger partial charge in [0.2, 0.25) is 5.91 Å². The molecule has 2 aromatic carbocycles. The second-order valence-electron chi connectivity index (χ2n) is 7.69. The van der Waals surface area contributed by atoms with Crippen LogP contribution < -0.4 is 0 Å². The predicted octanol–water partition coefficient (Wildman–Crippen LogP) is 2.69. The molecule has 0 radical (unpaired) electrons. The number of aromatic nitrogens is 6. The summed E-state index contributed by atoms with van der Waals surface area (Å²) in [6, 6.07) is 13.6. The van der Waals surface area contributed by atoms with Crippen LogP contribution >= 0.6 is 0 Å². The fraction of sp³-hybridized carbons (Fsp3) is 0.273. The first-order chi connectivity index (χ1) is 15.2. The molecule has 9 nitrogen and oxygen atoms in total. The van der Waals surface area contributed by atoms with Crippen molar-refractivity contribution in [2.24, 2.45) is 5.92 Å². The smallest absolute Gasteiger partial charge is 0.226 e. The highest BCUT2D eigenvalue weighted by Gasteiger charge is 2.21. The van der Waals surface area contributed by atoms with Gasteiger partial charge in [0.25, 0.3) is 0 Å². The Morgan fingerprint density at radius 1 is 1.06 bits per heavy atom. The summed E-state index contributed by atoms with van der Waals surface area (Å²) in [4.78, 5) is 14.7. The molecule has 1 saturated heterocycles. The average molecular weight is 415 g/mol. The van der Waals surface area contributed by atoms with Crippen LogP contribution in [0.3, 0.4) is 0 Å². The van der Waals surface area contributed by atoms with Crippen LogP contribution in [0.15, 0.2) is 59.5 Å². The summed E-state index contributed by atoms with van der Waals surface area (Å²) in [6.07, 6.45) is 8.23. The largest absolute Gasteiger partial charge is 0.342 e. The molecule has 1 fully saturated rings. The highest BCUT2D eigenvalue weighted by Crippen LogP contribution is 2.21. The second kappa shape index (κ2) is 8.47. The second-order valence-corrected chi connectivity index (χ2v) is 7.69. The zero-order valence-corrected chi connectivity index (χ0v) is 16.8. The van der Waals surface area contributed by atoms with Gasteiger partial charge in [0, 0.05) is 13.1 Å². The lowest BCUT2D eigenvalue weighted by molar-refractivity contribution is -0.131. The van der Waals surface area contributed by atoms with Crippen LogP contribution in [-0.2, 0) is 11.2 Å². The van der Waals surface area contributed by atoms with Gasteiger partial charge >= 0.3 is 0 Å². The molecule has 1 aliphatic heterocycles. The number of allylic oxidation sites excluding steroid dienone is 1. The average Bonchev–Trinajstić information content (AvgIpc) is 3.50. The first-order valence-corrected chi connectivity index (χ1v) is 10.3. The minimum atomic E-state index is 0.168. The van der Waals surface area contributed by atoms with Gasteiger partial charge in [-0.3, -0.25) is 4.79 Å². The molecule has 156 valence electrons.